The van der Waals surface area contributed by atoms with E-state index in [0.29, 0.717) is 5.02 Å². The Bertz CT molecular complexity index is 1280. The number of aromatic nitrogens is 1. The molecular weight excluding hydrogens is 374 g/mol. The van der Waals surface area contributed by atoms with Gasteiger partial charge in [-0.2, -0.15) is 0 Å². The zero-order chi connectivity index (χ0) is 19.6. The third kappa shape index (κ3) is 3.30. The lowest BCUT2D eigenvalue weighted by molar-refractivity contribution is 1.39. The van der Waals surface area contributed by atoms with Crippen LogP contribution in [0.2, 0.25) is 5.02 Å². The van der Waals surface area contributed by atoms with Crippen molar-refractivity contribution >= 4 is 22.5 Å². The van der Waals surface area contributed by atoms with Crippen LogP contribution in [0.3, 0.4) is 0 Å². The molecular formula is C27H18ClN. The van der Waals surface area contributed by atoms with Crippen LogP contribution in [0.4, 0.5) is 0 Å². The summed E-state index contributed by atoms with van der Waals surface area (Å²) < 4.78 is 0. The minimum absolute atomic E-state index is 0.711. The Kier molecular flexibility index (Phi) is 4.59. The molecule has 0 fully saturated rings. The summed E-state index contributed by atoms with van der Waals surface area (Å²) in [6.45, 7) is 0. The van der Waals surface area contributed by atoms with E-state index in [9.17, 15) is 0 Å². The van der Waals surface area contributed by atoms with E-state index < -0.39 is 0 Å². The van der Waals surface area contributed by atoms with E-state index in [-0.39, 0.29) is 0 Å². The van der Waals surface area contributed by atoms with Crippen LogP contribution >= 0.6 is 11.6 Å². The Balaban J connectivity index is 1.99. The minimum Gasteiger partial charge on any atom is -0.247 e. The van der Waals surface area contributed by atoms with Gasteiger partial charge in [-0.25, -0.2) is 4.98 Å². The van der Waals surface area contributed by atoms with Crippen molar-refractivity contribution in [2.24, 2.45) is 0 Å². The van der Waals surface area contributed by atoms with Gasteiger partial charge in [-0.05, 0) is 29.3 Å². The minimum atomic E-state index is 0.711. The van der Waals surface area contributed by atoms with E-state index in [1.807, 2.05) is 36.4 Å². The summed E-state index contributed by atoms with van der Waals surface area (Å²) in [5.74, 6) is 0. The zero-order valence-corrected chi connectivity index (χ0v) is 16.5. The second-order valence-electron chi connectivity index (χ2n) is 6.97. The standard InChI is InChI=1S/C27H18ClN/c28-22-16-17-24-23(18-22)25(19-10-4-1-5-11-19)26(20-12-6-2-7-13-20)27(29-24)21-14-8-3-9-15-21/h1-18H. The van der Waals surface area contributed by atoms with Crippen LogP contribution < -0.4 is 0 Å². The molecule has 29 heavy (non-hydrogen) atoms. The lowest BCUT2D eigenvalue weighted by Gasteiger charge is -2.18. The maximum Gasteiger partial charge on any atom is 0.0794 e. The van der Waals surface area contributed by atoms with Crippen LogP contribution in [-0.2, 0) is 0 Å². The number of rotatable bonds is 3. The van der Waals surface area contributed by atoms with Crippen molar-refractivity contribution in [2.75, 3.05) is 0 Å². The molecule has 1 nitrogen and oxygen atoms in total. The Labute approximate surface area is 175 Å². The molecule has 0 amide bonds. The van der Waals surface area contributed by atoms with E-state index in [1.54, 1.807) is 0 Å². The van der Waals surface area contributed by atoms with Gasteiger partial charge in [0.25, 0.3) is 0 Å². The second kappa shape index (κ2) is 7.54. The first-order valence-corrected chi connectivity index (χ1v) is 9.98. The van der Waals surface area contributed by atoms with E-state index >= 15 is 0 Å². The van der Waals surface area contributed by atoms with Crippen LogP contribution in [0, 0.1) is 0 Å². The normalized spacial score (nSPS) is 10.9. The van der Waals surface area contributed by atoms with Gasteiger partial charge in [0.05, 0.1) is 11.2 Å². The number of halogens is 1. The number of pyridine rings is 1. The fourth-order valence-corrected chi connectivity index (χ4v) is 4.00. The first-order valence-electron chi connectivity index (χ1n) is 9.61. The lowest BCUT2D eigenvalue weighted by Crippen LogP contribution is -1.96. The largest absolute Gasteiger partial charge is 0.247 e. The molecule has 1 heterocycles. The Morgan fingerprint density at radius 1 is 0.517 bits per heavy atom. The first-order chi connectivity index (χ1) is 14.3. The van der Waals surface area contributed by atoms with E-state index in [4.69, 9.17) is 16.6 Å². The molecule has 0 spiro atoms. The number of hydrogen-bond donors (Lipinski definition) is 0. The molecule has 4 aromatic carbocycles. The molecule has 0 aliphatic rings. The third-order valence-electron chi connectivity index (χ3n) is 5.12. The molecule has 5 rings (SSSR count). The molecule has 0 saturated heterocycles. The Morgan fingerprint density at radius 3 is 1.62 bits per heavy atom. The molecule has 0 N–H and O–H groups in total. The van der Waals surface area contributed by atoms with E-state index in [1.165, 1.54) is 0 Å². The smallest absolute Gasteiger partial charge is 0.0794 e. The molecule has 0 aliphatic carbocycles. The molecule has 0 unspecified atom stereocenters. The van der Waals surface area contributed by atoms with Crippen LogP contribution in [0.1, 0.15) is 0 Å². The highest BCUT2D eigenvalue weighted by Crippen LogP contribution is 2.43. The highest BCUT2D eigenvalue weighted by Gasteiger charge is 2.19. The SMILES string of the molecule is Clc1ccc2nc(-c3ccccc3)c(-c3ccccc3)c(-c3ccccc3)c2c1. The average molecular weight is 392 g/mol. The van der Waals surface area contributed by atoms with Gasteiger partial charge in [0.1, 0.15) is 0 Å². The number of nitrogens with zero attached hydrogens (tertiary/aromatic N) is 1. The first kappa shape index (κ1) is 17.7. The summed E-state index contributed by atoms with van der Waals surface area (Å²) in [5, 5.41) is 1.77. The predicted octanol–water partition coefficient (Wildman–Crippen LogP) is 7.89. The van der Waals surface area contributed by atoms with Gasteiger partial charge in [0, 0.05) is 27.1 Å². The summed E-state index contributed by atoms with van der Waals surface area (Å²) in [5.41, 5.74) is 7.58. The van der Waals surface area contributed by atoms with Crippen molar-refractivity contribution in [3.63, 3.8) is 0 Å². The maximum absolute atomic E-state index is 6.41. The molecule has 0 saturated carbocycles. The lowest BCUT2D eigenvalue weighted by atomic mass is 9.88. The molecule has 138 valence electrons. The molecule has 1 aromatic heterocycles. The van der Waals surface area contributed by atoms with Crippen LogP contribution in [0.15, 0.2) is 109 Å². The summed E-state index contributed by atoms with van der Waals surface area (Å²) in [4.78, 5) is 5.09. The van der Waals surface area contributed by atoms with Gasteiger partial charge in [0.15, 0.2) is 0 Å². The van der Waals surface area contributed by atoms with E-state index in [0.717, 1.165) is 44.4 Å². The molecule has 0 bridgehead atoms. The van der Waals surface area contributed by atoms with Crippen molar-refractivity contribution in [1.82, 2.24) is 4.98 Å². The molecule has 0 aliphatic heterocycles. The molecule has 5 aromatic rings. The fourth-order valence-electron chi connectivity index (χ4n) is 3.83. The third-order valence-corrected chi connectivity index (χ3v) is 5.35. The topological polar surface area (TPSA) is 12.9 Å². The Hall–Kier alpha value is -3.42. The highest BCUT2D eigenvalue weighted by molar-refractivity contribution is 6.31. The van der Waals surface area contributed by atoms with Crippen LogP contribution in [-0.4, -0.2) is 4.98 Å². The second-order valence-corrected chi connectivity index (χ2v) is 7.41. The summed E-state index contributed by atoms with van der Waals surface area (Å²) >= 11 is 6.41. The molecule has 2 heteroatoms. The van der Waals surface area contributed by atoms with Gasteiger partial charge < -0.3 is 0 Å². The van der Waals surface area contributed by atoms with Crippen molar-refractivity contribution in [2.45, 2.75) is 0 Å². The van der Waals surface area contributed by atoms with E-state index in [2.05, 4.69) is 72.8 Å². The number of fused-ring (bicyclic) bond motifs is 1. The van der Waals surface area contributed by atoms with Gasteiger partial charge in [-0.1, -0.05) is 103 Å². The number of hydrogen-bond acceptors (Lipinski definition) is 1. The van der Waals surface area contributed by atoms with Crippen molar-refractivity contribution in [3.8, 4) is 33.5 Å². The predicted molar refractivity (Wildman–Crippen MR) is 123 cm³/mol. The fraction of sp³-hybridized carbons (Fsp3) is 0. The average Bonchev–Trinajstić information content (AvgIpc) is 2.79. The van der Waals surface area contributed by atoms with Gasteiger partial charge in [0.2, 0.25) is 0 Å². The summed E-state index contributed by atoms with van der Waals surface area (Å²) in [7, 11) is 0. The maximum atomic E-state index is 6.41. The summed E-state index contributed by atoms with van der Waals surface area (Å²) in [6, 6.07) is 37.3. The molecule has 0 radical (unpaired) electrons. The van der Waals surface area contributed by atoms with Crippen LogP contribution in [0.5, 0.6) is 0 Å². The van der Waals surface area contributed by atoms with Gasteiger partial charge in [-0.3, -0.25) is 0 Å². The van der Waals surface area contributed by atoms with Crippen molar-refractivity contribution in [3.05, 3.63) is 114 Å². The molecule has 0 atom stereocenters. The monoisotopic (exact) mass is 391 g/mol. The highest BCUT2D eigenvalue weighted by atomic mass is 35.5. The number of benzene rings is 4. The zero-order valence-electron chi connectivity index (χ0n) is 15.7. The Morgan fingerprint density at radius 2 is 1.03 bits per heavy atom. The summed E-state index contributed by atoms with van der Waals surface area (Å²) in [6.07, 6.45) is 0. The quantitative estimate of drug-likeness (QED) is 0.304. The van der Waals surface area contributed by atoms with Crippen molar-refractivity contribution < 1.29 is 0 Å². The van der Waals surface area contributed by atoms with Crippen LogP contribution in [0.25, 0.3) is 44.4 Å². The van der Waals surface area contributed by atoms with Gasteiger partial charge >= 0.3 is 0 Å². The van der Waals surface area contributed by atoms with Gasteiger partial charge in [-0.15, -0.1) is 0 Å². The van der Waals surface area contributed by atoms with Crippen molar-refractivity contribution in [1.29, 1.82) is 0 Å².